The first-order chi connectivity index (χ1) is 7.62. The summed E-state index contributed by atoms with van der Waals surface area (Å²) in [4.78, 5) is 10.2. The molecule has 0 aliphatic carbocycles. The molecule has 0 unspecified atom stereocenters. The molecule has 0 aliphatic heterocycles. The lowest BCUT2D eigenvalue weighted by atomic mass is 9.94. The van der Waals surface area contributed by atoms with Crippen molar-refractivity contribution in [2.24, 2.45) is 5.41 Å². The predicted octanol–water partition coefficient (Wildman–Crippen LogP) is 1.60. The number of carbonyl (C=O) groups is 1. The Balaban J connectivity index is 3.76. The second-order valence-electron chi connectivity index (χ2n) is 5.37. The van der Waals surface area contributed by atoms with Gasteiger partial charge in [0.1, 0.15) is 0 Å². The molecule has 0 saturated carbocycles. The van der Waals surface area contributed by atoms with Crippen molar-refractivity contribution in [1.29, 1.82) is 0 Å². The van der Waals surface area contributed by atoms with E-state index in [4.69, 9.17) is 5.11 Å². The predicted molar refractivity (Wildman–Crippen MR) is 67.3 cm³/mol. The van der Waals surface area contributed by atoms with E-state index >= 15 is 0 Å². The van der Waals surface area contributed by atoms with Crippen LogP contribution in [-0.4, -0.2) is 31.8 Å². The lowest BCUT2D eigenvalue weighted by Crippen LogP contribution is -2.29. The third-order valence-electron chi connectivity index (χ3n) is 2.26. The van der Waals surface area contributed by atoms with E-state index in [1.165, 1.54) is 0 Å². The minimum Gasteiger partial charge on any atom is -0.481 e. The van der Waals surface area contributed by atoms with Crippen LogP contribution in [-0.2, 0) is 14.8 Å². The summed E-state index contributed by atoms with van der Waals surface area (Å²) in [5.41, 5.74) is -0.00193. The van der Waals surface area contributed by atoms with Crippen molar-refractivity contribution in [2.45, 2.75) is 46.5 Å². The van der Waals surface area contributed by atoms with Crippen LogP contribution in [0, 0.1) is 5.41 Å². The molecule has 2 N–H and O–H groups in total. The molecule has 0 radical (unpaired) electrons. The number of sulfonamides is 1. The van der Waals surface area contributed by atoms with Crippen LogP contribution in [0.4, 0.5) is 0 Å². The normalized spacial score (nSPS) is 12.6. The zero-order valence-corrected chi connectivity index (χ0v) is 11.6. The summed E-state index contributed by atoms with van der Waals surface area (Å²) in [6.45, 7) is 6.31. The van der Waals surface area contributed by atoms with Crippen LogP contribution in [0.2, 0.25) is 0 Å². The zero-order chi connectivity index (χ0) is 13.5. The average Bonchev–Trinajstić information content (AvgIpc) is 2.13. The number of hydrogen-bond acceptors (Lipinski definition) is 3. The Kier molecular flexibility index (Phi) is 6.70. The minimum atomic E-state index is -3.21. The fraction of sp³-hybridized carbons (Fsp3) is 0.909. The monoisotopic (exact) mass is 265 g/mol. The van der Waals surface area contributed by atoms with Gasteiger partial charge in [-0.05, 0) is 24.7 Å². The molecule has 0 fully saturated rings. The molecule has 0 aromatic rings. The number of rotatable bonds is 8. The Morgan fingerprint density at radius 1 is 1.24 bits per heavy atom. The summed E-state index contributed by atoms with van der Waals surface area (Å²) in [6.07, 6.45) is 1.75. The molecular weight excluding hydrogens is 242 g/mol. The molecule has 5 nitrogen and oxygen atoms in total. The number of carboxylic acids is 1. The maximum atomic E-state index is 11.5. The molecule has 6 heteroatoms. The van der Waals surface area contributed by atoms with Gasteiger partial charge in [-0.2, -0.15) is 0 Å². The van der Waals surface area contributed by atoms with Gasteiger partial charge in [-0.25, -0.2) is 13.1 Å². The molecule has 0 bridgehead atoms. The van der Waals surface area contributed by atoms with E-state index in [2.05, 4.69) is 4.72 Å². The first-order valence-electron chi connectivity index (χ1n) is 5.81. The third kappa shape index (κ3) is 11.6. The summed E-state index contributed by atoms with van der Waals surface area (Å²) < 4.78 is 25.6. The van der Waals surface area contributed by atoms with E-state index in [0.717, 1.165) is 0 Å². The number of carboxylic acid groups (broad SMARTS) is 1. The highest BCUT2D eigenvalue weighted by Crippen LogP contribution is 2.18. The van der Waals surface area contributed by atoms with Crippen LogP contribution < -0.4 is 4.72 Å². The van der Waals surface area contributed by atoms with Crippen molar-refractivity contribution in [3.8, 4) is 0 Å². The fourth-order valence-electron chi connectivity index (χ4n) is 1.14. The van der Waals surface area contributed by atoms with Crippen LogP contribution in [0.3, 0.4) is 0 Å². The summed E-state index contributed by atoms with van der Waals surface area (Å²) in [5, 5.41) is 8.41. The Bertz CT molecular complexity index is 330. The molecule has 0 aliphatic rings. The number of aliphatic carboxylic acids is 1. The van der Waals surface area contributed by atoms with Crippen molar-refractivity contribution in [3.05, 3.63) is 0 Å². The fourth-order valence-corrected chi connectivity index (χ4v) is 2.62. The molecule has 0 heterocycles. The molecule has 0 amide bonds. The largest absolute Gasteiger partial charge is 0.481 e. The quantitative estimate of drug-likeness (QED) is 0.653. The Hall–Kier alpha value is -0.620. The molecule has 0 spiro atoms. The van der Waals surface area contributed by atoms with Crippen LogP contribution in [0.5, 0.6) is 0 Å². The lowest BCUT2D eigenvalue weighted by Gasteiger charge is -2.17. The van der Waals surface area contributed by atoms with Crippen LogP contribution >= 0.6 is 0 Å². The third-order valence-corrected chi connectivity index (χ3v) is 3.65. The van der Waals surface area contributed by atoms with Gasteiger partial charge in [0.2, 0.25) is 10.0 Å². The van der Waals surface area contributed by atoms with E-state index in [0.29, 0.717) is 25.8 Å². The Morgan fingerprint density at radius 2 is 1.82 bits per heavy atom. The number of hydrogen-bond donors (Lipinski definition) is 2. The summed E-state index contributed by atoms with van der Waals surface area (Å²) in [6, 6.07) is 0. The summed E-state index contributed by atoms with van der Waals surface area (Å²) in [5.74, 6) is -0.726. The second kappa shape index (κ2) is 6.96. The molecular formula is C11H23NO4S. The van der Waals surface area contributed by atoms with Gasteiger partial charge in [-0.3, -0.25) is 4.79 Å². The standard InChI is InChI=1S/C11H23NO4S/c1-11(2,3)7-9-17(15,16)12-8-5-4-6-10(13)14/h12H,4-9H2,1-3H3,(H,13,14). The lowest BCUT2D eigenvalue weighted by molar-refractivity contribution is -0.137. The van der Waals surface area contributed by atoms with Gasteiger partial charge in [0, 0.05) is 13.0 Å². The smallest absolute Gasteiger partial charge is 0.303 e. The topological polar surface area (TPSA) is 83.5 Å². The van der Waals surface area contributed by atoms with E-state index in [-0.39, 0.29) is 17.6 Å². The van der Waals surface area contributed by atoms with Crippen molar-refractivity contribution >= 4 is 16.0 Å². The van der Waals surface area contributed by atoms with Crippen LogP contribution in [0.15, 0.2) is 0 Å². The number of unbranched alkanes of at least 4 members (excludes halogenated alkanes) is 1. The van der Waals surface area contributed by atoms with E-state index in [1.807, 2.05) is 20.8 Å². The van der Waals surface area contributed by atoms with Crippen molar-refractivity contribution < 1.29 is 18.3 Å². The second-order valence-corrected chi connectivity index (χ2v) is 7.30. The average molecular weight is 265 g/mol. The zero-order valence-electron chi connectivity index (χ0n) is 10.8. The highest BCUT2D eigenvalue weighted by atomic mass is 32.2. The van der Waals surface area contributed by atoms with Gasteiger partial charge in [-0.15, -0.1) is 0 Å². The van der Waals surface area contributed by atoms with Crippen molar-refractivity contribution in [3.63, 3.8) is 0 Å². The maximum absolute atomic E-state index is 11.5. The maximum Gasteiger partial charge on any atom is 0.303 e. The van der Waals surface area contributed by atoms with E-state index < -0.39 is 16.0 Å². The van der Waals surface area contributed by atoms with E-state index in [1.54, 1.807) is 0 Å². The summed E-state index contributed by atoms with van der Waals surface area (Å²) >= 11 is 0. The van der Waals surface area contributed by atoms with Gasteiger partial charge in [-0.1, -0.05) is 20.8 Å². The SMILES string of the molecule is CC(C)(C)CCS(=O)(=O)NCCCCC(=O)O. The number of nitrogens with one attached hydrogen (secondary N) is 1. The molecule has 17 heavy (non-hydrogen) atoms. The van der Waals surface area contributed by atoms with Crippen molar-refractivity contribution in [1.82, 2.24) is 4.72 Å². The van der Waals surface area contributed by atoms with E-state index in [9.17, 15) is 13.2 Å². The highest BCUT2D eigenvalue weighted by molar-refractivity contribution is 7.89. The van der Waals surface area contributed by atoms with Gasteiger partial charge in [0.15, 0.2) is 0 Å². The Labute approximate surface area is 104 Å². The molecule has 0 saturated heterocycles. The molecule has 0 aromatic heterocycles. The highest BCUT2D eigenvalue weighted by Gasteiger charge is 2.16. The van der Waals surface area contributed by atoms with Gasteiger partial charge < -0.3 is 5.11 Å². The molecule has 102 valence electrons. The van der Waals surface area contributed by atoms with Crippen molar-refractivity contribution in [2.75, 3.05) is 12.3 Å². The van der Waals surface area contributed by atoms with Crippen LogP contribution in [0.1, 0.15) is 46.5 Å². The first kappa shape index (κ1) is 16.4. The van der Waals surface area contributed by atoms with Gasteiger partial charge in [0.25, 0.3) is 0 Å². The van der Waals surface area contributed by atoms with Gasteiger partial charge >= 0.3 is 5.97 Å². The molecule has 0 aromatic carbocycles. The van der Waals surface area contributed by atoms with Crippen LogP contribution in [0.25, 0.3) is 0 Å². The summed E-state index contributed by atoms with van der Waals surface area (Å²) in [7, 11) is -3.21. The minimum absolute atomic E-state index is 0.00193. The molecule has 0 atom stereocenters. The Morgan fingerprint density at radius 3 is 2.29 bits per heavy atom. The molecule has 0 rings (SSSR count). The van der Waals surface area contributed by atoms with Gasteiger partial charge in [0.05, 0.1) is 5.75 Å². The first-order valence-corrected chi connectivity index (χ1v) is 7.47.